The van der Waals surface area contributed by atoms with Crippen LogP contribution < -0.4 is 4.90 Å². The summed E-state index contributed by atoms with van der Waals surface area (Å²) in [7, 11) is 2.43. The molecule has 0 N–H and O–H groups in total. The molecule has 4 nitrogen and oxygen atoms in total. The molecule has 1 fully saturated rings. The number of hydrogen-bond acceptors (Lipinski definition) is 4. The number of rotatable bonds is 7. The zero-order valence-electron chi connectivity index (χ0n) is 13.4. The lowest BCUT2D eigenvalue weighted by Gasteiger charge is -2.39. The predicted octanol–water partition coefficient (Wildman–Crippen LogP) is 3.24. The van der Waals surface area contributed by atoms with E-state index in [1.165, 1.54) is 37.8 Å². The van der Waals surface area contributed by atoms with Crippen molar-refractivity contribution in [2.45, 2.75) is 38.1 Å². The Balaban J connectivity index is 2.23. The fraction of sp³-hybridized carbons (Fsp3) is 0.625. The van der Waals surface area contributed by atoms with Crippen molar-refractivity contribution in [3.8, 4) is 0 Å². The average molecular weight is 309 g/mol. The van der Waals surface area contributed by atoms with Crippen molar-refractivity contribution in [3.05, 3.63) is 30.3 Å². The van der Waals surface area contributed by atoms with E-state index < -0.39 is 8.80 Å². The van der Waals surface area contributed by atoms with Crippen molar-refractivity contribution in [2.24, 2.45) is 0 Å². The largest absolute Gasteiger partial charge is 0.520 e. The van der Waals surface area contributed by atoms with E-state index in [1.54, 1.807) is 21.3 Å². The van der Waals surface area contributed by atoms with Crippen molar-refractivity contribution in [2.75, 3.05) is 32.4 Å². The predicted molar refractivity (Wildman–Crippen MR) is 87.4 cm³/mol. The molecule has 0 unspecified atom stereocenters. The molecule has 1 aromatic rings. The van der Waals surface area contributed by atoms with Gasteiger partial charge < -0.3 is 18.2 Å². The van der Waals surface area contributed by atoms with Crippen LogP contribution in [0.1, 0.15) is 32.1 Å². The standard InChI is InChI=1S/C16H27NO3Si/c1-18-21(19-2,20-3)14-17(15-10-6-4-7-11-15)16-12-8-5-9-13-16/h4,6-7,10-11,16H,5,8-9,12-14H2,1-3H3. The van der Waals surface area contributed by atoms with Gasteiger partial charge in [-0.05, 0) is 25.0 Å². The zero-order valence-corrected chi connectivity index (χ0v) is 14.4. The van der Waals surface area contributed by atoms with E-state index in [0.717, 1.165) is 0 Å². The maximum Gasteiger partial charge on any atom is 0.520 e. The number of hydrogen-bond donors (Lipinski definition) is 0. The fourth-order valence-electron chi connectivity index (χ4n) is 3.10. The summed E-state index contributed by atoms with van der Waals surface area (Å²) in [6.07, 6.45) is 7.11. The van der Waals surface area contributed by atoms with E-state index in [4.69, 9.17) is 13.3 Å². The molecule has 0 radical (unpaired) electrons. The molecule has 0 amide bonds. The van der Waals surface area contributed by atoms with Gasteiger partial charge in [0.1, 0.15) is 0 Å². The highest BCUT2D eigenvalue weighted by molar-refractivity contribution is 6.61. The van der Waals surface area contributed by atoms with Crippen LogP contribution in [-0.4, -0.2) is 42.3 Å². The fourth-order valence-corrected chi connectivity index (χ4v) is 4.84. The Kier molecular flexibility index (Phi) is 6.23. The molecule has 0 heterocycles. The van der Waals surface area contributed by atoms with E-state index in [2.05, 4.69) is 35.2 Å². The van der Waals surface area contributed by atoms with Crippen LogP contribution in [0.25, 0.3) is 0 Å². The molecule has 1 aliphatic carbocycles. The molecule has 5 heteroatoms. The SMILES string of the molecule is CO[Si](CN(c1ccccc1)C1CCCCC1)(OC)OC. The Morgan fingerprint density at radius 3 is 2.05 bits per heavy atom. The number of benzene rings is 1. The summed E-state index contributed by atoms with van der Waals surface area (Å²) in [6.45, 7) is 0. The minimum absolute atomic E-state index is 0.550. The van der Waals surface area contributed by atoms with Crippen LogP contribution in [0.3, 0.4) is 0 Å². The van der Waals surface area contributed by atoms with E-state index in [9.17, 15) is 0 Å². The summed E-state index contributed by atoms with van der Waals surface area (Å²) in [6, 6.07) is 11.1. The van der Waals surface area contributed by atoms with E-state index >= 15 is 0 Å². The maximum absolute atomic E-state index is 5.63. The monoisotopic (exact) mass is 309 g/mol. The van der Waals surface area contributed by atoms with Gasteiger partial charge in [-0.15, -0.1) is 0 Å². The van der Waals surface area contributed by atoms with Gasteiger partial charge >= 0.3 is 8.80 Å². The topological polar surface area (TPSA) is 30.9 Å². The summed E-state index contributed by atoms with van der Waals surface area (Å²) in [5.74, 6) is 0. The summed E-state index contributed by atoms with van der Waals surface area (Å²) in [5, 5.41) is 0. The highest BCUT2D eigenvalue weighted by atomic mass is 28.4. The Bertz CT molecular complexity index is 397. The van der Waals surface area contributed by atoms with Crippen LogP contribution in [0.5, 0.6) is 0 Å². The summed E-state index contributed by atoms with van der Waals surface area (Å²) in [5.41, 5.74) is 1.23. The second-order valence-electron chi connectivity index (χ2n) is 5.55. The van der Waals surface area contributed by atoms with Crippen molar-refractivity contribution < 1.29 is 13.3 Å². The molecule has 0 saturated heterocycles. The van der Waals surface area contributed by atoms with Crippen LogP contribution in [0.15, 0.2) is 30.3 Å². The highest BCUT2D eigenvalue weighted by Gasteiger charge is 2.42. The minimum atomic E-state index is -2.62. The molecule has 0 aromatic heterocycles. The van der Waals surface area contributed by atoms with Crippen molar-refractivity contribution in [3.63, 3.8) is 0 Å². The smallest absolute Gasteiger partial charge is 0.376 e. The summed E-state index contributed by atoms with van der Waals surface area (Å²) >= 11 is 0. The molecule has 0 spiro atoms. The van der Waals surface area contributed by atoms with Gasteiger partial charge in [-0.3, -0.25) is 0 Å². The normalized spacial score (nSPS) is 16.9. The van der Waals surface area contributed by atoms with Crippen molar-refractivity contribution in [1.29, 1.82) is 0 Å². The van der Waals surface area contributed by atoms with E-state index in [1.807, 2.05) is 0 Å². The van der Waals surface area contributed by atoms with Gasteiger partial charge in [0, 0.05) is 33.1 Å². The van der Waals surface area contributed by atoms with Gasteiger partial charge in [-0.25, -0.2) is 0 Å². The van der Waals surface area contributed by atoms with E-state index in [-0.39, 0.29) is 0 Å². The van der Waals surface area contributed by atoms with Crippen LogP contribution >= 0.6 is 0 Å². The molecule has 0 atom stereocenters. The quantitative estimate of drug-likeness (QED) is 0.724. The zero-order chi connectivity index (χ0) is 15.1. The molecule has 0 aliphatic heterocycles. The Morgan fingerprint density at radius 1 is 0.952 bits per heavy atom. The molecule has 2 rings (SSSR count). The third kappa shape index (κ3) is 4.07. The van der Waals surface area contributed by atoms with Crippen LogP contribution in [0.2, 0.25) is 0 Å². The average Bonchev–Trinajstić information content (AvgIpc) is 2.58. The second kappa shape index (κ2) is 7.94. The van der Waals surface area contributed by atoms with Crippen molar-refractivity contribution in [1.82, 2.24) is 0 Å². The minimum Gasteiger partial charge on any atom is -0.376 e. The van der Waals surface area contributed by atoms with Gasteiger partial charge in [-0.2, -0.15) is 0 Å². The Morgan fingerprint density at radius 2 is 1.52 bits per heavy atom. The van der Waals surface area contributed by atoms with Gasteiger partial charge in [0.05, 0.1) is 6.17 Å². The van der Waals surface area contributed by atoms with Crippen LogP contribution in [0, 0.1) is 0 Å². The molecular weight excluding hydrogens is 282 g/mol. The molecule has 1 aromatic carbocycles. The Hall–Kier alpha value is -0.883. The van der Waals surface area contributed by atoms with Gasteiger partial charge in [0.2, 0.25) is 0 Å². The van der Waals surface area contributed by atoms with E-state index in [0.29, 0.717) is 12.2 Å². The summed E-state index contributed by atoms with van der Waals surface area (Å²) < 4.78 is 16.9. The van der Waals surface area contributed by atoms with Gasteiger partial charge in [0.15, 0.2) is 0 Å². The highest BCUT2D eigenvalue weighted by Crippen LogP contribution is 2.28. The molecule has 0 bridgehead atoms. The van der Waals surface area contributed by atoms with Crippen molar-refractivity contribution >= 4 is 14.5 Å². The molecule has 21 heavy (non-hydrogen) atoms. The van der Waals surface area contributed by atoms with Crippen LogP contribution in [0.4, 0.5) is 5.69 Å². The lowest BCUT2D eigenvalue weighted by molar-refractivity contribution is 0.123. The first-order valence-corrected chi connectivity index (χ1v) is 9.65. The maximum atomic E-state index is 5.63. The number of anilines is 1. The van der Waals surface area contributed by atoms with Crippen LogP contribution in [-0.2, 0) is 13.3 Å². The summed E-state index contributed by atoms with van der Waals surface area (Å²) in [4.78, 5) is 2.43. The lowest BCUT2D eigenvalue weighted by atomic mass is 9.94. The third-order valence-electron chi connectivity index (χ3n) is 4.40. The third-order valence-corrected chi connectivity index (χ3v) is 6.99. The first-order chi connectivity index (χ1) is 10.2. The first-order valence-electron chi connectivity index (χ1n) is 7.72. The molecule has 118 valence electrons. The Labute approximate surface area is 129 Å². The molecular formula is C16H27NO3Si. The molecule has 1 saturated carbocycles. The van der Waals surface area contributed by atoms with Gasteiger partial charge in [0.25, 0.3) is 0 Å². The van der Waals surface area contributed by atoms with Gasteiger partial charge in [-0.1, -0.05) is 37.5 Å². The lowest BCUT2D eigenvalue weighted by Crippen LogP contribution is -2.56. The molecule has 1 aliphatic rings. The first kappa shape index (κ1) is 16.5. The number of para-hydroxylation sites is 1. The number of nitrogens with zero attached hydrogens (tertiary/aromatic N) is 1. The second-order valence-corrected chi connectivity index (χ2v) is 8.46.